The van der Waals surface area contributed by atoms with Gasteiger partial charge >= 0.3 is 0 Å². The van der Waals surface area contributed by atoms with Gasteiger partial charge in [-0.05, 0) is 43.9 Å². The standard InChI is InChI=1S/C17H26ClN3O/c1-11-4-5-15(18)8-16(11)21-7-6-14(10-21)9-20-17(22)12(2)13(3)19/h4-5,8,12-14H,6-7,9-10,19H2,1-3H3,(H,20,22). The quantitative estimate of drug-likeness (QED) is 0.875. The number of hydrogen-bond acceptors (Lipinski definition) is 3. The van der Waals surface area contributed by atoms with E-state index in [1.165, 1.54) is 11.3 Å². The lowest BCUT2D eigenvalue weighted by atomic mass is 10.0. The Morgan fingerprint density at radius 3 is 2.91 bits per heavy atom. The highest BCUT2D eigenvalue weighted by molar-refractivity contribution is 6.30. The molecule has 1 heterocycles. The van der Waals surface area contributed by atoms with Gasteiger partial charge in [0.25, 0.3) is 0 Å². The number of carbonyl (C=O) groups is 1. The van der Waals surface area contributed by atoms with Crippen LogP contribution in [-0.4, -0.2) is 31.6 Å². The third kappa shape index (κ3) is 4.14. The van der Waals surface area contributed by atoms with Crippen LogP contribution < -0.4 is 16.0 Å². The fourth-order valence-corrected chi connectivity index (χ4v) is 2.95. The maximum Gasteiger partial charge on any atom is 0.224 e. The number of nitrogens with one attached hydrogen (secondary N) is 1. The first-order valence-electron chi connectivity index (χ1n) is 7.93. The molecule has 122 valence electrons. The van der Waals surface area contributed by atoms with Crippen molar-refractivity contribution in [1.29, 1.82) is 0 Å². The Bertz CT molecular complexity index is 533. The van der Waals surface area contributed by atoms with E-state index in [9.17, 15) is 4.79 Å². The molecule has 0 aromatic heterocycles. The summed E-state index contributed by atoms with van der Waals surface area (Å²) in [4.78, 5) is 14.3. The van der Waals surface area contributed by atoms with Crippen LogP contribution >= 0.6 is 11.6 Å². The first kappa shape index (κ1) is 17.1. The molecule has 1 aliphatic heterocycles. The second kappa shape index (κ2) is 7.34. The Morgan fingerprint density at radius 1 is 1.50 bits per heavy atom. The zero-order valence-electron chi connectivity index (χ0n) is 13.6. The number of anilines is 1. The smallest absolute Gasteiger partial charge is 0.224 e. The molecule has 2 rings (SSSR count). The molecule has 0 bridgehead atoms. The summed E-state index contributed by atoms with van der Waals surface area (Å²) in [5, 5.41) is 3.80. The molecule has 1 fully saturated rings. The molecule has 1 saturated heterocycles. The van der Waals surface area contributed by atoms with E-state index in [1.807, 2.05) is 26.0 Å². The molecule has 3 N–H and O–H groups in total. The first-order valence-corrected chi connectivity index (χ1v) is 8.30. The van der Waals surface area contributed by atoms with Crippen LogP contribution in [0.5, 0.6) is 0 Å². The van der Waals surface area contributed by atoms with Gasteiger partial charge in [-0.3, -0.25) is 4.79 Å². The van der Waals surface area contributed by atoms with Gasteiger partial charge in [0.2, 0.25) is 5.91 Å². The third-order valence-electron chi connectivity index (χ3n) is 4.56. The molecule has 1 aromatic rings. The summed E-state index contributed by atoms with van der Waals surface area (Å²) < 4.78 is 0. The fraction of sp³-hybridized carbons (Fsp3) is 0.588. The zero-order valence-corrected chi connectivity index (χ0v) is 14.4. The van der Waals surface area contributed by atoms with E-state index in [0.29, 0.717) is 12.5 Å². The van der Waals surface area contributed by atoms with E-state index in [-0.39, 0.29) is 17.9 Å². The lowest BCUT2D eigenvalue weighted by Crippen LogP contribution is -2.40. The van der Waals surface area contributed by atoms with Gasteiger partial charge in [-0.1, -0.05) is 24.6 Å². The Balaban J connectivity index is 1.88. The number of halogens is 1. The Hall–Kier alpha value is -1.26. The van der Waals surface area contributed by atoms with Gasteiger partial charge in [0, 0.05) is 42.3 Å². The predicted molar refractivity (Wildman–Crippen MR) is 92.3 cm³/mol. The summed E-state index contributed by atoms with van der Waals surface area (Å²) in [7, 11) is 0. The molecule has 3 unspecified atom stereocenters. The number of nitrogens with zero attached hydrogens (tertiary/aromatic N) is 1. The average Bonchev–Trinajstić information content (AvgIpc) is 2.95. The Morgan fingerprint density at radius 2 is 2.23 bits per heavy atom. The molecule has 22 heavy (non-hydrogen) atoms. The monoisotopic (exact) mass is 323 g/mol. The van der Waals surface area contributed by atoms with Crippen molar-refractivity contribution in [3.63, 3.8) is 0 Å². The highest BCUT2D eigenvalue weighted by atomic mass is 35.5. The van der Waals surface area contributed by atoms with E-state index in [2.05, 4.69) is 23.2 Å². The number of aryl methyl sites for hydroxylation is 1. The van der Waals surface area contributed by atoms with Crippen LogP contribution in [0.4, 0.5) is 5.69 Å². The number of nitrogens with two attached hydrogens (primary N) is 1. The zero-order chi connectivity index (χ0) is 16.3. The largest absolute Gasteiger partial charge is 0.371 e. The minimum absolute atomic E-state index is 0.0485. The van der Waals surface area contributed by atoms with Crippen molar-refractivity contribution in [3.8, 4) is 0 Å². The molecule has 0 radical (unpaired) electrons. The van der Waals surface area contributed by atoms with E-state index < -0.39 is 0 Å². The number of amides is 1. The van der Waals surface area contributed by atoms with Crippen molar-refractivity contribution in [2.24, 2.45) is 17.6 Å². The van der Waals surface area contributed by atoms with Gasteiger partial charge in [-0.25, -0.2) is 0 Å². The van der Waals surface area contributed by atoms with Crippen molar-refractivity contribution in [1.82, 2.24) is 5.32 Å². The second-order valence-electron chi connectivity index (χ2n) is 6.42. The Labute approximate surface area is 138 Å². The molecule has 3 atom stereocenters. The Kier molecular flexibility index (Phi) is 5.70. The predicted octanol–water partition coefficient (Wildman–Crippen LogP) is 2.57. The lowest BCUT2D eigenvalue weighted by Gasteiger charge is -2.22. The van der Waals surface area contributed by atoms with Crippen LogP contribution in [0.25, 0.3) is 0 Å². The van der Waals surface area contributed by atoms with Gasteiger partial charge in [-0.15, -0.1) is 0 Å². The van der Waals surface area contributed by atoms with Crippen LogP contribution in [0.15, 0.2) is 18.2 Å². The number of benzene rings is 1. The lowest BCUT2D eigenvalue weighted by molar-refractivity contribution is -0.125. The van der Waals surface area contributed by atoms with Crippen molar-refractivity contribution in [2.45, 2.75) is 33.2 Å². The fourth-order valence-electron chi connectivity index (χ4n) is 2.79. The molecule has 1 aromatic carbocycles. The number of rotatable bonds is 5. The summed E-state index contributed by atoms with van der Waals surface area (Å²) in [5.74, 6) is 0.377. The molecule has 4 nitrogen and oxygen atoms in total. The summed E-state index contributed by atoms with van der Waals surface area (Å²) in [6, 6.07) is 5.88. The van der Waals surface area contributed by atoms with Gasteiger partial charge in [0.05, 0.1) is 0 Å². The van der Waals surface area contributed by atoms with Crippen molar-refractivity contribution >= 4 is 23.2 Å². The molecule has 0 aliphatic carbocycles. The minimum Gasteiger partial charge on any atom is -0.371 e. The molecule has 0 saturated carbocycles. The van der Waals surface area contributed by atoms with E-state index in [1.54, 1.807) is 0 Å². The van der Waals surface area contributed by atoms with Crippen LogP contribution in [0.2, 0.25) is 5.02 Å². The highest BCUT2D eigenvalue weighted by Crippen LogP contribution is 2.29. The normalized spacial score (nSPS) is 20.8. The van der Waals surface area contributed by atoms with Crippen LogP contribution in [-0.2, 0) is 4.79 Å². The molecule has 5 heteroatoms. The van der Waals surface area contributed by atoms with E-state index in [4.69, 9.17) is 17.3 Å². The van der Waals surface area contributed by atoms with Crippen molar-refractivity contribution in [2.75, 3.05) is 24.5 Å². The van der Waals surface area contributed by atoms with Crippen molar-refractivity contribution < 1.29 is 4.79 Å². The van der Waals surface area contributed by atoms with Crippen LogP contribution in [0.1, 0.15) is 25.8 Å². The van der Waals surface area contributed by atoms with E-state index in [0.717, 1.165) is 24.5 Å². The van der Waals surface area contributed by atoms with Crippen LogP contribution in [0, 0.1) is 18.8 Å². The van der Waals surface area contributed by atoms with Gasteiger partial charge in [-0.2, -0.15) is 0 Å². The number of carbonyl (C=O) groups excluding carboxylic acids is 1. The minimum atomic E-state index is -0.146. The molecular formula is C17H26ClN3O. The maximum atomic E-state index is 12.0. The number of hydrogen-bond donors (Lipinski definition) is 2. The average molecular weight is 324 g/mol. The summed E-state index contributed by atoms with van der Waals surface area (Å²) in [6.07, 6.45) is 1.08. The first-order chi connectivity index (χ1) is 10.4. The molecule has 1 amide bonds. The topological polar surface area (TPSA) is 58.4 Å². The summed E-state index contributed by atoms with van der Waals surface area (Å²) in [5.41, 5.74) is 8.20. The highest BCUT2D eigenvalue weighted by Gasteiger charge is 2.25. The third-order valence-corrected chi connectivity index (χ3v) is 4.80. The summed E-state index contributed by atoms with van der Waals surface area (Å²) >= 11 is 6.10. The SMILES string of the molecule is Cc1ccc(Cl)cc1N1CCC(CNC(=O)C(C)C(C)N)C1. The van der Waals surface area contributed by atoms with Gasteiger partial charge < -0.3 is 16.0 Å². The van der Waals surface area contributed by atoms with Crippen molar-refractivity contribution in [3.05, 3.63) is 28.8 Å². The van der Waals surface area contributed by atoms with E-state index >= 15 is 0 Å². The maximum absolute atomic E-state index is 12.0. The summed E-state index contributed by atoms with van der Waals surface area (Å²) in [6.45, 7) is 8.51. The molecule has 1 aliphatic rings. The van der Waals surface area contributed by atoms with Gasteiger partial charge in [0.1, 0.15) is 0 Å². The van der Waals surface area contributed by atoms with Gasteiger partial charge in [0.15, 0.2) is 0 Å². The second-order valence-corrected chi connectivity index (χ2v) is 6.86. The molecule has 0 spiro atoms. The van der Waals surface area contributed by atoms with Crippen LogP contribution in [0.3, 0.4) is 0 Å². The molecular weight excluding hydrogens is 298 g/mol.